The summed E-state index contributed by atoms with van der Waals surface area (Å²) in [6.07, 6.45) is 0. The van der Waals surface area contributed by atoms with Crippen molar-refractivity contribution in [1.29, 1.82) is 0 Å². The van der Waals surface area contributed by atoms with E-state index in [1.54, 1.807) is 30.3 Å². The van der Waals surface area contributed by atoms with E-state index in [9.17, 15) is 4.79 Å². The third kappa shape index (κ3) is 4.23. The second-order valence-corrected chi connectivity index (χ2v) is 5.60. The highest BCUT2D eigenvalue weighted by atomic mass is 35.5. The summed E-state index contributed by atoms with van der Waals surface area (Å²) < 4.78 is 5.77. The molecule has 0 saturated heterocycles. The smallest absolute Gasteiger partial charge is 0.251 e. The number of halogens is 1. The molecule has 4 heteroatoms. The topological polar surface area (TPSA) is 38.3 Å². The molecule has 2 aromatic rings. The number of hydrogen-bond donors (Lipinski definition) is 1. The normalized spacial score (nSPS) is 10.5. The zero-order valence-corrected chi connectivity index (χ0v) is 13.1. The molecule has 0 unspecified atom stereocenters. The molecule has 2 aromatic carbocycles. The van der Waals surface area contributed by atoms with Gasteiger partial charge in [-0.1, -0.05) is 23.7 Å². The van der Waals surface area contributed by atoms with Gasteiger partial charge in [-0.3, -0.25) is 4.79 Å². The van der Waals surface area contributed by atoms with E-state index in [-0.39, 0.29) is 11.9 Å². The van der Waals surface area contributed by atoms with Gasteiger partial charge < -0.3 is 10.1 Å². The highest BCUT2D eigenvalue weighted by Gasteiger charge is 2.09. The lowest BCUT2D eigenvalue weighted by Crippen LogP contribution is -2.29. The van der Waals surface area contributed by atoms with E-state index in [4.69, 9.17) is 16.3 Å². The standard InChI is InChI=1S/C17H18ClNO2/c1-11(2)19-17(20)13-5-4-6-14(10-13)21-16-9-12(3)7-8-15(16)18/h4-11H,1-3H3,(H,19,20). The van der Waals surface area contributed by atoms with Gasteiger partial charge >= 0.3 is 0 Å². The minimum absolute atomic E-state index is 0.0910. The van der Waals surface area contributed by atoms with Gasteiger partial charge in [-0.15, -0.1) is 0 Å². The molecule has 21 heavy (non-hydrogen) atoms. The monoisotopic (exact) mass is 303 g/mol. The van der Waals surface area contributed by atoms with Crippen LogP contribution in [0.25, 0.3) is 0 Å². The first kappa shape index (κ1) is 15.4. The Kier molecular flexibility index (Phi) is 4.86. The number of nitrogens with one attached hydrogen (secondary N) is 1. The average molecular weight is 304 g/mol. The second kappa shape index (κ2) is 6.64. The molecule has 0 aliphatic heterocycles. The Morgan fingerprint density at radius 1 is 1.19 bits per heavy atom. The fraction of sp³-hybridized carbons (Fsp3) is 0.235. The van der Waals surface area contributed by atoms with Crippen molar-refractivity contribution in [3.05, 3.63) is 58.6 Å². The van der Waals surface area contributed by atoms with Crippen molar-refractivity contribution in [2.24, 2.45) is 0 Å². The third-order valence-corrected chi connectivity index (χ3v) is 3.14. The van der Waals surface area contributed by atoms with Gasteiger partial charge in [-0.2, -0.15) is 0 Å². The summed E-state index contributed by atoms with van der Waals surface area (Å²) in [4.78, 5) is 12.0. The molecular formula is C17H18ClNO2. The summed E-state index contributed by atoms with van der Waals surface area (Å²) in [6.45, 7) is 5.81. The second-order valence-electron chi connectivity index (χ2n) is 5.19. The number of rotatable bonds is 4. The molecule has 0 aliphatic carbocycles. The number of carbonyl (C=O) groups excluding carboxylic acids is 1. The number of benzene rings is 2. The Morgan fingerprint density at radius 2 is 1.95 bits per heavy atom. The van der Waals surface area contributed by atoms with Crippen molar-refractivity contribution in [1.82, 2.24) is 5.32 Å². The zero-order valence-electron chi connectivity index (χ0n) is 12.3. The van der Waals surface area contributed by atoms with Crippen LogP contribution >= 0.6 is 11.6 Å². The maximum Gasteiger partial charge on any atom is 0.251 e. The largest absolute Gasteiger partial charge is 0.456 e. The maximum absolute atomic E-state index is 12.0. The lowest BCUT2D eigenvalue weighted by atomic mass is 10.2. The van der Waals surface area contributed by atoms with Crippen LogP contribution in [-0.4, -0.2) is 11.9 Å². The van der Waals surface area contributed by atoms with Crippen molar-refractivity contribution in [2.75, 3.05) is 0 Å². The minimum atomic E-state index is -0.120. The molecule has 3 nitrogen and oxygen atoms in total. The first-order chi connectivity index (χ1) is 9.95. The summed E-state index contributed by atoms with van der Waals surface area (Å²) in [6, 6.07) is 12.7. The maximum atomic E-state index is 12.0. The molecule has 0 aromatic heterocycles. The zero-order chi connectivity index (χ0) is 15.4. The third-order valence-electron chi connectivity index (χ3n) is 2.83. The van der Waals surface area contributed by atoms with Gasteiger partial charge in [0.2, 0.25) is 0 Å². The van der Waals surface area contributed by atoms with Crippen LogP contribution in [0.2, 0.25) is 5.02 Å². The summed E-state index contributed by atoms with van der Waals surface area (Å²) >= 11 is 6.11. The summed E-state index contributed by atoms with van der Waals surface area (Å²) in [5, 5.41) is 3.39. The number of carbonyl (C=O) groups is 1. The predicted octanol–water partition coefficient (Wildman–Crippen LogP) is 4.58. The number of hydrogen-bond acceptors (Lipinski definition) is 2. The first-order valence-corrected chi connectivity index (χ1v) is 7.18. The fourth-order valence-electron chi connectivity index (χ4n) is 1.86. The van der Waals surface area contributed by atoms with Crippen LogP contribution in [-0.2, 0) is 0 Å². The van der Waals surface area contributed by atoms with Gasteiger partial charge in [-0.05, 0) is 56.7 Å². The van der Waals surface area contributed by atoms with Crippen molar-refractivity contribution in [2.45, 2.75) is 26.8 Å². The van der Waals surface area contributed by atoms with Crippen LogP contribution in [0, 0.1) is 6.92 Å². The van der Waals surface area contributed by atoms with E-state index in [0.717, 1.165) is 5.56 Å². The Hall–Kier alpha value is -2.00. The van der Waals surface area contributed by atoms with E-state index in [1.165, 1.54) is 0 Å². The van der Waals surface area contributed by atoms with Gasteiger partial charge in [0.1, 0.15) is 11.5 Å². The summed E-state index contributed by atoms with van der Waals surface area (Å²) in [7, 11) is 0. The Morgan fingerprint density at radius 3 is 2.67 bits per heavy atom. The quantitative estimate of drug-likeness (QED) is 0.898. The molecule has 0 radical (unpaired) electrons. The van der Waals surface area contributed by atoms with Gasteiger partial charge in [0, 0.05) is 11.6 Å². The van der Waals surface area contributed by atoms with E-state index in [0.29, 0.717) is 22.1 Å². The SMILES string of the molecule is Cc1ccc(Cl)c(Oc2cccc(C(=O)NC(C)C)c2)c1. The highest BCUT2D eigenvalue weighted by Crippen LogP contribution is 2.30. The Bertz CT molecular complexity index is 653. The molecule has 0 bridgehead atoms. The van der Waals surface area contributed by atoms with Crippen molar-refractivity contribution in [3.8, 4) is 11.5 Å². The van der Waals surface area contributed by atoms with Crippen molar-refractivity contribution < 1.29 is 9.53 Å². The Balaban J connectivity index is 2.21. The van der Waals surface area contributed by atoms with Crippen LogP contribution < -0.4 is 10.1 Å². The number of aryl methyl sites for hydroxylation is 1. The highest BCUT2D eigenvalue weighted by molar-refractivity contribution is 6.32. The fourth-order valence-corrected chi connectivity index (χ4v) is 2.02. The number of amides is 1. The molecular weight excluding hydrogens is 286 g/mol. The van der Waals surface area contributed by atoms with Gasteiger partial charge in [0.25, 0.3) is 5.91 Å². The van der Waals surface area contributed by atoms with Crippen LogP contribution in [0.1, 0.15) is 29.8 Å². The predicted molar refractivity (Wildman–Crippen MR) is 85.3 cm³/mol. The minimum Gasteiger partial charge on any atom is -0.456 e. The molecule has 2 rings (SSSR count). The van der Waals surface area contributed by atoms with Crippen LogP contribution in [0.3, 0.4) is 0 Å². The molecule has 0 saturated carbocycles. The Labute approximate surface area is 129 Å². The average Bonchev–Trinajstić information content (AvgIpc) is 2.42. The van der Waals surface area contributed by atoms with E-state index >= 15 is 0 Å². The van der Waals surface area contributed by atoms with Gasteiger partial charge in [0.15, 0.2) is 0 Å². The van der Waals surface area contributed by atoms with Crippen LogP contribution in [0.15, 0.2) is 42.5 Å². The molecule has 0 heterocycles. The lowest BCUT2D eigenvalue weighted by Gasteiger charge is -2.11. The van der Waals surface area contributed by atoms with Gasteiger partial charge in [-0.25, -0.2) is 0 Å². The van der Waals surface area contributed by atoms with Crippen LogP contribution in [0.4, 0.5) is 0 Å². The summed E-state index contributed by atoms with van der Waals surface area (Å²) in [5.74, 6) is 1.04. The molecule has 0 atom stereocenters. The molecule has 110 valence electrons. The van der Waals surface area contributed by atoms with E-state index in [1.807, 2.05) is 32.9 Å². The lowest BCUT2D eigenvalue weighted by molar-refractivity contribution is 0.0943. The van der Waals surface area contributed by atoms with Crippen molar-refractivity contribution in [3.63, 3.8) is 0 Å². The molecule has 1 amide bonds. The first-order valence-electron chi connectivity index (χ1n) is 6.80. The molecule has 0 spiro atoms. The number of ether oxygens (including phenoxy) is 1. The molecule has 0 aliphatic rings. The van der Waals surface area contributed by atoms with Crippen molar-refractivity contribution >= 4 is 17.5 Å². The molecule has 1 N–H and O–H groups in total. The van der Waals surface area contributed by atoms with Crippen LogP contribution in [0.5, 0.6) is 11.5 Å². The summed E-state index contributed by atoms with van der Waals surface area (Å²) in [5.41, 5.74) is 1.62. The van der Waals surface area contributed by atoms with E-state index in [2.05, 4.69) is 5.32 Å². The van der Waals surface area contributed by atoms with E-state index < -0.39 is 0 Å². The van der Waals surface area contributed by atoms with Gasteiger partial charge in [0.05, 0.1) is 5.02 Å². The molecule has 0 fully saturated rings.